The number of nitrogens with zero attached hydrogens (tertiary/aromatic N) is 2. The molecule has 0 aliphatic carbocycles. The summed E-state index contributed by atoms with van der Waals surface area (Å²) in [4.78, 5) is 30.9. The van der Waals surface area contributed by atoms with Gasteiger partial charge >= 0.3 is 0 Å². The summed E-state index contributed by atoms with van der Waals surface area (Å²) < 4.78 is 0. The van der Waals surface area contributed by atoms with E-state index in [4.69, 9.17) is 5.73 Å². The molecule has 3 N–H and O–H groups in total. The van der Waals surface area contributed by atoms with E-state index in [-0.39, 0.29) is 44.0 Å². The van der Waals surface area contributed by atoms with Crippen LogP contribution in [0.25, 0.3) is 5.73 Å². The number of anilines is 2. The third-order valence-electron chi connectivity index (χ3n) is 4.18. The van der Waals surface area contributed by atoms with E-state index in [9.17, 15) is 9.59 Å². The first kappa shape index (κ1) is 19.6. The van der Waals surface area contributed by atoms with E-state index >= 15 is 0 Å². The minimum Gasteiger partial charge on any atom is -0.698 e. The standard InChI is InChI=1S/C17H21N5O2.Y/c1-21-8-10-22(11-9-21)13-4-2-12(3-5-13)20-17(24)15-14(18)6-7-19-16(15)23;/h2-7H,8-11H2,1H3,(H4,18,19,20,23,24);/p-1. The van der Waals surface area contributed by atoms with Crippen molar-refractivity contribution in [2.24, 2.45) is 0 Å². The molecule has 25 heavy (non-hydrogen) atoms. The second-order valence-corrected chi connectivity index (χ2v) is 5.89. The Hall–Kier alpha value is -1.70. The van der Waals surface area contributed by atoms with Crippen LogP contribution in [0.3, 0.4) is 0 Å². The molecule has 2 aromatic rings. The van der Waals surface area contributed by atoms with Crippen LogP contribution in [-0.2, 0) is 32.7 Å². The quantitative estimate of drug-likeness (QED) is 0.803. The van der Waals surface area contributed by atoms with Crippen molar-refractivity contribution >= 4 is 23.0 Å². The van der Waals surface area contributed by atoms with Crippen LogP contribution < -0.4 is 15.8 Å². The number of amides is 1. The van der Waals surface area contributed by atoms with Gasteiger partial charge in [0, 0.05) is 76.5 Å². The molecule has 2 heterocycles. The maximum absolute atomic E-state index is 12.2. The number of aromatic nitrogens is 1. The van der Waals surface area contributed by atoms with Gasteiger partial charge < -0.3 is 25.8 Å². The molecule has 0 saturated carbocycles. The fraction of sp³-hybridized carbons (Fsp3) is 0.294. The van der Waals surface area contributed by atoms with Gasteiger partial charge in [-0.1, -0.05) is 6.07 Å². The topological polar surface area (TPSA) is 92.2 Å². The van der Waals surface area contributed by atoms with Crippen LogP contribution in [-0.4, -0.2) is 49.0 Å². The molecule has 129 valence electrons. The van der Waals surface area contributed by atoms with E-state index in [1.165, 1.54) is 12.3 Å². The number of hydrogen-bond donors (Lipinski definition) is 2. The van der Waals surface area contributed by atoms with Crippen molar-refractivity contribution in [2.45, 2.75) is 0 Å². The van der Waals surface area contributed by atoms with Crippen molar-refractivity contribution < 1.29 is 37.5 Å². The fourth-order valence-electron chi connectivity index (χ4n) is 2.72. The molecule has 1 saturated heterocycles. The average molecular weight is 415 g/mol. The molecule has 3 rings (SSSR count). The number of benzene rings is 1. The maximum atomic E-state index is 12.2. The molecule has 7 nitrogen and oxygen atoms in total. The first-order chi connectivity index (χ1) is 11.5. The van der Waals surface area contributed by atoms with Gasteiger partial charge in [-0.2, -0.15) is 0 Å². The molecule has 8 heteroatoms. The number of pyridine rings is 1. The van der Waals surface area contributed by atoms with Crippen molar-refractivity contribution in [2.75, 3.05) is 43.4 Å². The Morgan fingerprint density at radius 2 is 1.76 bits per heavy atom. The van der Waals surface area contributed by atoms with Gasteiger partial charge in [-0.05, 0) is 31.3 Å². The largest absolute Gasteiger partial charge is 0.698 e. The summed E-state index contributed by atoms with van der Waals surface area (Å²) in [6, 6.07) is 8.92. The van der Waals surface area contributed by atoms with Crippen LogP contribution >= 0.6 is 0 Å². The van der Waals surface area contributed by atoms with Gasteiger partial charge in [0.05, 0.1) is 5.56 Å². The molecule has 1 fully saturated rings. The van der Waals surface area contributed by atoms with Crippen LogP contribution in [0.4, 0.5) is 17.1 Å². The molecule has 0 spiro atoms. The van der Waals surface area contributed by atoms with Crippen LogP contribution in [0.1, 0.15) is 10.4 Å². The Balaban J connectivity index is 0.00000225. The zero-order valence-corrected chi connectivity index (χ0v) is 16.9. The first-order valence-electron chi connectivity index (χ1n) is 7.83. The van der Waals surface area contributed by atoms with Crippen LogP contribution in [0, 0.1) is 0 Å². The number of carbonyl (C=O) groups excluding carboxylic acids is 1. The second kappa shape index (κ2) is 8.60. The molecule has 0 unspecified atom stereocenters. The Kier molecular flexibility index (Phi) is 6.75. The Bertz CT molecular complexity index is 782. The van der Waals surface area contributed by atoms with E-state index in [1.54, 1.807) is 0 Å². The van der Waals surface area contributed by atoms with Gasteiger partial charge in [0.25, 0.3) is 11.5 Å². The monoisotopic (exact) mass is 415 g/mol. The molecular formula is C17H20N5O2Y-. The van der Waals surface area contributed by atoms with Gasteiger partial charge in [0.15, 0.2) is 0 Å². The third kappa shape index (κ3) is 4.68. The Morgan fingerprint density at radius 3 is 2.36 bits per heavy atom. The summed E-state index contributed by atoms with van der Waals surface area (Å²) in [6.07, 6.45) is 1.35. The van der Waals surface area contributed by atoms with Crippen LogP contribution in [0.2, 0.25) is 0 Å². The Morgan fingerprint density at radius 1 is 1.12 bits per heavy atom. The number of aromatic amines is 1. The molecule has 1 aliphatic heterocycles. The number of nitrogens with one attached hydrogen (secondary N) is 3. The third-order valence-corrected chi connectivity index (χ3v) is 4.18. The summed E-state index contributed by atoms with van der Waals surface area (Å²) in [5.41, 5.74) is 8.58. The van der Waals surface area contributed by atoms with Gasteiger partial charge in [0.2, 0.25) is 0 Å². The number of hydrogen-bond acceptors (Lipinski definition) is 4. The second-order valence-electron chi connectivity index (χ2n) is 5.89. The summed E-state index contributed by atoms with van der Waals surface area (Å²) in [7, 11) is 2.11. The normalized spacial score (nSPS) is 14.7. The number of H-pyrrole nitrogens is 1. The summed E-state index contributed by atoms with van der Waals surface area (Å²) in [5, 5.41) is 2.67. The molecule has 1 aromatic heterocycles. The minimum atomic E-state index is -0.575. The molecule has 1 amide bonds. The SMILES string of the molecule is CN1CCN(c2ccc(NC(=O)c3c([NH-])cc[nH]c3=O)cc2)CC1.[Y]. The summed E-state index contributed by atoms with van der Waals surface area (Å²) >= 11 is 0. The van der Waals surface area contributed by atoms with E-state index in [1.807, 2.05) is 24.3 Å². The van der Waals surface area contributed by atoms with Crippen LogP contribution in [0.5, 0.6) is 0 Å². The van der Waals surface area contributed by atoms with Gasteiger partial charge in [-0.3, -0.25) is 9.59 Å². The zero-order valence-electron chi connectivity index (χ0n) is 14.1. The van der Waals surface area contributed by atoms with Crippen molar-refractivity contribution in [3.8, 4) is 0 Å². The van der Waals surface area contributed by atoms with Gasteiger partial charge in [-0.15, -0.1) is 5.69 Å². The van der Waals surface area contributed by atoms with E-state index in [0.717, 1.165) is 31.9 Å². The molecular weight excluding hydrogens is 395 g/mol. The predicted molar refractivity (Wildman–Crippen MR) is 95.1 cm³/mol. The number of carbonyl (C=O) groups is 1. The molecule has 1 radical (unpaired) electrons. The molecule has 0 atom stereocenters. The zero-order chi connectivity index (χ0) is 17.1. The first-order valence-corrected chi connectivity index (χ1v) is 7.83. The average Bonchev–Trinajstić information content (AvgIpc) is 2.56. The van der Waals surface area contributed by atoms with Crippen molar-refractivity contribution in [1.82, 2.24) is 9.88 Å². The number of piperazine rings is 1. The van der Waals surface area contributed by atoms with E-state index in [0.29, 0.717) is 5.69 Å². The van der Waals surface area contributed by atoms with Crippen molar-refractivity contribution in [3.63, 3.8) is 0 Å². The summed E-state index contributed by atoms with van der Waals surface area (Å²) in [5.74, 6) is -0.575. The molecule has 1 aliphatic rings. The van der Waals surface area contributed by atoms with Gasteiger partial charge in [-0.25, -0.2) is 0 Å². The fourth-order valence-corrected chi connectivity index (χ4v) is 2.72. The maximum Gasteiger partial charge on any atom is 0.259 e. The minimum absolute atomic E-state index is 0. The predicted octanol–water partition coefficient (Wildman–Crippen LogP) is 2.06. The summed E-state index contributed by atoms with van der Waals surface area (Å²) in [6.45, 7) is 4.01. The van der Waals surface area contributed by atoms with Gasteiger partial charge in [0.1, 0.15) is 0 Å². The van der Waals surface area contributed by atoms with Crippen molar-refractivity contribution in [3.05, 3.63) is 58.2 Å². The van der Waals surface area contributed by atoms with E-state index < -0.39 is 11.5 Å². The molecule has 1 aromatic carbocycles. The van der Waals surface area contributed by atoms with Crippen LogP contribution in [0.15, 0.2) is 41.3 Å². The van der Waals surface area contributed by atoms with E-state index in [2.05, 4.69) is 27.1 Å². The number of likely N-dealkylation sites (N-methyl/N-ethyl adjacent to an activating group) is 1. The Labute approximate surface area is 171 Å². The number of rotatable bonds is 3. The molecule has 0 bridgehead atoms. The smallest absolute Gasteiger partial charge is 0.259 e. The van der Waals surface area contributed by atoms with Crippen molar-refractivity contribution in [1.29, 1.82) is 0 Å².